The van der Waals surface area contributed by atoms with Crippen LogP contribution in [0.15, 0.2) is 46.9 Å². The Morgan fingerprint density at radius 2 is 1.85 bits per heavy atom. The van der Waals surface area contributed by atoms with E-state index in [9.17, 15) is 19.2 Å². The fraction of sp³-hybridized carbons (Fsp3) is 0.360. The maximum atomic E-state index is 12.5. The average Bonchev–Trinajstić information content (AvgIpc) is 3.21. The van der Waals surface area contributed by atoms with Gasteiger partial charge < -0.3 is 19.7 Å². The lowest BCUT2D eigenvalue weighted by Gasteiger charge is -2.17. The molecule has 3 rings (SSSR count). The van der Waals surface area contributed by atoms with Crippen LogP contribution in [0, 0.1) is 12.8 Å². The minimum atomic E-state index is -0.673. The summed E-state index contributed by atoms with van der Waals surface area (Å²) < 4.78 is 11.2. The van der Waals surface area contributed by atoms with E-state index in [1.807, 2.05) is 19.9 Å². The highest BCUT2D eigenvalue weighted by Gasteiger charge is 2.36. The maximum absolute atomic E-state index is 12.5. The summed E-state index contributed by atoms with van der Waals surface area (Å²) in [6.07, 6.45) is 1.73. The van der Waals surface area contributed by atoms with Gasteiger partial charge in [-0.05, 0) is 61.4 Å². The van der Waals surface area contributed by atoms with Crippen LogP contribution in [0.3, 0.4) is 0 Å². The number of benzene rings is 2. The van der Waals surface area contributed by atoms with Crippen molar-refractivity contribution in [2.75, 3.05) is 30.0 Å². The molecule has 1 atom stereocenters. The molecular weight excluding hydrogens is 504 g/mol. The van der Waals surface area contributed by atoms with Crippen molar-refractivity contribution in [1.82, 2.24) is 0 Å². The number of nitrogens with one attached hydrogen (secondary N) is 1. The number of carbonyl (C=O) groups excluding carboxylic acids is 4. The van der Waals surface area contributed by atoms with Crippen LogP contribution in [0.2, 0.25) is 0 Å². The molecule has 2 amide bonds. The van der Waals surface area contributed by atoms with Gasteiger partial charge in [-0.3, -0.25) is 14.4 Å². The smallest absolute Gasteiger partial charge is 0.338 e. The zero-order valence-corrected chi connectivity index (χ0v) is 20.7. The van der Waals surface area contributed by atoms with Gasteiger partial charge in [0, 0.05) is 28.8 Å². The predicted octanol–water partition coefficient (Wildman–Crippen LogP) is 4.25. The Labute approximate surface area is 206 Å². The molecule has 0 spiro atoms. The third-order valence-electron chi connectivity index (χ3n) is 5.41. The van der Waals surface area contributed by atoms with Crippen molar-refractivity contribution < 1.29 is 28.7 Å². The summed E-state index contributed by atoms with van der Waals surface area (Å²) in [5, 5.41) is 2.70. The second-order valence-corrected chi connectivity index (χ2v) is 8.97. The number of amides is 2. The number of hydrogen-bond acceptors (Lipinski definition) is 6. The predicted molar refractivity (Wildman–Crippen MR) is 131 cm³/mol. The largest absolute Gasteiger partial charge is 0.462 e. The number of hydrogen-bond donors (Lipinski definition) is 1. The van der Waals surface area contributed by atoms with Gasteiger partial charge in [-0.25, -0.2) is 4.79 Å². The number of unbranched alkanes of at least 4 members (excludes halogenated alkanes) is 1. The van der Waals surface area contributed by atoms with Gasteiger partial charge in [0.05, 0.1) is 18.1 Å². The van der Waals surface area contributed by atoms with Crippen LogP contribution in [0.4, 0.5) is 11.4 Å². The summed E-state index contributed by atoms with van der Waals surface area (Å²) in [6, 6.07) is 11.9. The third-order valence-corrected chi connectivity index (χ3v) is 5.91. The molecule has 8 nitrogen and oxygen atoms in total. The first kappa shape index (κ1) is 25.4. The van der Waals surface area contributed by atoms with Crippen LogP contribution in [0.1, 0.15) is 42.1 Å². The molecule has 1 fully saturated rings. The van der Waals surface area contributed by atoms with Crippen LogP contribution < -0.4 is 10.2 Å². The normalized spacial score (nSPS) is 15.2. The highest BCUT2D eigenvalue weighted by Crippen LogP contribution is 2.26. The number of aryl methyl sites for hydroxylation is 1. The first-order valence-corrected chi connectivity index (χ1v) is 11.9. The standard InChI is InChI=1S/C25H27BrN2O6/c1-3-4-11-33-24(31)17-5-8-20(9-6-17)28-14-18(13-23(28)30)25(32)34-15-22(29)27-21-10-7-19(26)12-16(21)2/h5-10,12,18H,3-4,11,13-15H2,1-2H3,(H,27,29)/t18-/m1/s1. The fourth-order valence-electron chi connectivity index (χ4n) is 3.49. The zero-order chi connectivity index (χ0) is 24.7. The molecule has 1 saturated heterocycles. The van der Waals surface area contributed by atoms with Crippen LogP contribution in [-0.4, -0.2) is 43.5 Å². The quantitative estimate of drug-likeness (QED) is 0.384. The summed E-state index contributed by atoms with van der Waals surface area (Å²) >= 11 is 3.36. The topological polar surface area (TPSA) is 102 Å². The number of halogens is 1. The Morgan fingerprint density at radius 1 is 1.12 bits per heavy atom. The lowest BCUT2D eigenvalue weighted by molar-refractivity contribution is -0.151. The van der Waals surface area contributed by atoms with Gasteiger partial charge in [-0.15, -0.1) is 0 Å². The Balaban J connectivity index is 1.51. The van der Waals surface area contributed by atoms with Crippen molar-refractivity contribution in [2.24, 2.45) is 5.92 Å². The molecule has 0 radical (unpaired) electrons. The first-order valence-electron chi connectivity index (χ1n) is 11.1. The molecule has 1 heterocycles. The Hall–Kier alpha value is -3.20. The molecule has 1 N–H and O–H groups in total. The summed E-state index contributed by atoms with van der Waals surface area (Å²) in [5.74, 6) is -2.37. The molecule has 0 saturated carbocycles. The maximum Gasteiger partial charge on any atom is 0.338 e. The van der Waals surface area contributed by atoms with E-state index >= 15 is 0 Å². The van der Waals surface area contributed by atoms with Crippen molar-refractivity contribution in [3.8, 4) is 0 Å². The molecule has 0 aromatic heterocycles. The van der Waals surface area contributed by atoms with Crippen molar-refractivity contribution >= 4 is 51.1 Å². The van der Waals surface area contributed by atoms with Gasteiger partial charge >= 0.3 is 11.9 Å². The molecule has 0 aliphatic carbocycles. The van der Waals surface area contributed by atoms with Gasteiger partial charge in [0.2, 0.25) is 5.91 Å². The van der Waals surface area contributed by atoms with E-state index < -0.39 is 30.4 Å². The lowest BCUT2D eigenvalue weighted by atomic mass is 10.1. The third kappa shape index (κ3) is 6.66. The average molecular weight is 531 g/mol. The number of nitrogens with zero attached hydrogens (tertiary/aromatic N) is 1. The van der Waals surface area contributed by atoms with Gasteiger partial charge in [-0.2, -0.15) is 0 Å². The van der Waals surface area contributed by atoms with Gasteiger partial charge in [0.25, 0.3) is 5.91 Å². The van der Waals surface area contributed by atoms with Crippen molar-refractivity contribution in [1.29, 1.82) is 0 Å². The molecule has 0 bridgehead atoms. The molecule has 2 aromatic carbocycles. The molecule has 0 unspecified atom stereocenters. The highest BCUT2D eigenvalue weighted by molar-refractivity contribution is 9.10. The number of rotatable bonds is 9. The number of ether oxygens (including phenoxy) is 2. The highest BCUT2D eigenvalue weighted by atomic mass is 79.9. The fourth-order valence-corrected chi connectivity index (χ4v) is 3.97. The van der Waals surface area contributed by atoms with Crippen LogP contribution >= 0.6 is 15.9 Å². The summed E-state index contributed by atoms with van der Waals surface area (Å²) in [4.78, 5) is 50.6. The monoisotopic (exact) mass is 530 g/mol. The first-order chi connectivity index (χ1) is 16.3. The molecule has 1 aliphatic rings. The SMILES string of the molecule is CCCCOC(=O)c1ccc(N2C[C@H](C(=O)OCC(=O)Nc3ccc(Br)cc3C)CC2=O)cc1. The van der Waals surface area contributed by atoms with Crippen LogP contribution in [-0.2, 0) is 23.9 Å². The zero-order valence-electron chi connectivity index (χ0n) is 19.1. The molecule has 34 heavy (non-hydrogen) atoms. The van der Waals surface area contributed by atoms with Crippen LogP contribution in [0.5, 0.6) is 0 Å². The Morgan fingerprint density at radius 3 is 2.53 bits per heavy atom. The van der Waals surface area contributed by atoms with E-state index in [4.69, 9.17) is 9.47 Å². The van der Waals surface area contributed by atoms with Crippen LogP contribution in [0.25, 0.3) is 0 Å². The van der Waals surface area contributed by atoms with Gasteiger partial charge in [0.1, 0.15) is 0 Å². The van der Waals surface area contributed by atoms with E-state index in [1.165, 1.54) is 4.90 Å². The number of anilines is 2. The summed E-state index contributed by atoms with van der Waals surface area (Å²) in [6.45, 7) is 3.94. The Bertz CT molecular complexity index is 1070. The lowest BCUT2D eigenvalue weighted by Crippen LogP contribution is -2.28. The van der Waals surface area contributed by atoms with Crippen molar-refractivity contribution in [3.05, 3.63) is 58.1 Å². The molecular formula is C25H27BrN2O6. The van der Waals surface area contributed by atoms with E-state index in [2.05, 4.69) is 21.2 Å². The van der Waals surface area contributed by atoms with Gasteiger partial charge in [-0.1, -0.05) is 29.3 Å². The van der Waals surface area contributed by atoms with E-state index in [0.717, 1.165) is 22.9 Å². The van der Waals surface area contributed by atoms with E-state index in [1.54, 1.807) is 36.4 Å². The number of esters is 2. The minimum absolute atomic E-state index is 0.00686. The number of carbonyl (C=O) groups is 4. The van der Waals surface area contributed by atoms with Crippen molar-refractivity contribution in [3.63, 3.8) is 0 Å². The molecule has 180 valence electrons. The van der Waals surface area contributed by atoms with E-state index in [-0.39, 0.29) is 18.9 Å². The van der Waals surface area contributed by atoms with Gasteiger partial charge in [0.15, 0.2) is 6.61 Å². The Kier molecular flexibility index (Phi) is 8.81. The summed E-state index contributed by atoms with van der Waals surface area (Å²) in [5.41, 5.74) is 2.47. The second-order valence-electron chi connectivity index (χ2n) is 8.06. The molecule has 2 aromatic rings. The van der Waals surface area contributed by atoms with Crippen molar-refractivity contribution in [2.45, 2.75) is 33.1 Å². The molecule has 1 aliphatic heterocycles. The minimum Gasteiger partial charge on any atom is -0.462 e. The van der Waals surface area contributed by atoms with E-state index in [0.29, 0.717) is 23.5 Å². The molecule has 9 heteroatoms. The second kappa shape index (κ2) is 11.8. The summed E-state index contributed by atoms with van der Waals surface area (Å²) in [7, 11) is 0.